The molecule has 0 saturated carbocycles. The second-order valence-electron chi connectivity index (χ2n) is 7.38. The zero-order valence-electron chi connectivity index (χ0n) is 16.3. The highest BCUT2D eigenvalue weighted by molar-refractivity contribution is 14.0. The zero-order chi connectivity index (χ0) is 18.4. The van der Waals surface area contributed by atoms with E-state index in [0.29, 0.717) is 11.2 Å². The predicted octanol–water partition coefficient (Wildman–Crippen LogP) is 3.38. The lowest BCUT2D eigenvalue weighted by Gasteiger charge is -2.24. The smallest absolute Gasteiger partial charge is 0.223 e. The third-order valence-electron chi connectivity index (χ3n) is 5.21. The van der Waals surface area contributed by atoms with E-state index in [1.807, 2.05) is 28.8 Å². The van der Waals surface area contributed by atoms with Crippen LogP contribution < -0.4 is 10.6 Å². The van der Waals surface area contributed by atoms with E-state index in [1.54, 1.807) is 7.05 Å². The largest absolute Gasteiger partial charge is 0.356 e. The van der Waals surface area contributed by atoms with E-state index in [2.05, 4.69) is 34.7 Å². The molecule has 27 heavy (non-hydrogen) atoms. The number of guanidine groups is 1. The van der Waals surface area contributed by atoms with E-state index in [1.165, 1.54) is 29.7 Å². The Morgan fingerprint density at radius 1 is 1.26 bits per heavy atom. The van der Waals surface area contributed by atoms with E-state index in [-0.39, 0.29) is 29.9 Å². The SMILES string of the molecule is CN=C(NCCCC(=O)N1Cc2ccccc2C1)NCC1(C)CCCS1.I. The fourth-order valence-electron chi connectivity index (χ4n) is 3.58. The predicted molar refractivity (Wildman–Crippen MR) is 125 cm³/mol. The number of hydrogen-bond donors (Lipinski definition) is 2. The standard InChI is InChI=1S/C20H30N4OS.HI/c1-20(10-6-12-26-20)15-23-19(21-2)22-11-5-9-18(25)24-13-16-7-3-4-8-17(16)14-24;/h3-4,7-8H,5-6,9-15H2,1-2H3,(H2,21,22,23);1H. The van der Waals surface area contributed by atoms with E-state index in [0.717, 1.165) is 38.6 Å². The molecule has 150 valence electrons. The van der Waals surface area contributed by atoms with E-state index < -0.39 is 0 Å². The summed E-state index contributed by atoms with van der Waals surface area (Å²) in [6.07, 6.45) is 3.95. The van der Waals surface area contributed by atoms with Crippen molar-refractivity contribution in [3.8, 4) is 0 Å². The number of amides is 1. The summed E-state index contributed by atoms with van der Waals surface area (Å²) in [5, 5.41) is 6.76. The van der Waals surface area contributed by atoms with Crippen molar-refractivity contribution in [1.29, 1.82) is 0 Å². The van der Waals surface area contributed by atoms with Gasteiger partial charge in [0.05, 0.1) is 0 Å². The van der Waals surface area contributed by atoms with Crippen LogP contribution >= 0.6 is 35.7 Å². The maximum atomic E-state index is 12.4. The molecule has 2 heterocycles. The van der Waals surface area contributed by atoms with Crippen molar-refractivity contribution in [2.75, 3.05) is 25.9 Å². The van der Waals surface area contributed by atoms with Gasteiger partial charge in [0.1, 0.15) is 0 Å². The van der Waals surface area contributed by atoms with Crippen molar-refractivity contribution < 1.29 is 4.79 Å². The van der Waals surface area contributed by atoms with Crippen LogP contribution in [0.5, 0.6) is 0 Å². The number of carbonyl (C=O) groups is 1. The molecule has 1 fully saturated rings. The molecule has 2 aliphatic heterocycles. The third-order valence-corrected chi connectivity index (χ3v) is 6.75. The molecule has 2 aliphatic rings. The first-order valence-electron chi connectivity index (χ1n) is 9.53. The van der Waals surface area contributed by atoms with E-state index >= 15 is 0 Å². The van der Waals surface area contributed by atoms with Gasteiger partial charge in [-0.25, -0.2) is 0 Å². The van der Waals surface area contributed by atoms with Gasteiger partial charge in [-0.05, 0) is 43.1 Å². The van der Waals surface area contributed by atoms with Crippen LogP contribution in [0.2, 0.25) is 0 Å². The Hall–Kier alpha value is -0.960. The molecule has 0 spiro atoms. The topological polar surface area (TPSA) is 56.7 Å². The third kappa shape index (κ3) is 6.27. The van der Waals surface area contributed by atoms with Gasteiger partial charge >= 0.3 is 0 Å². The number of halogens is 1. The van der Waals surface area contributed by atoms with E-state index in [9.17, 15) is 4.79 Å². The summed E-state index contributed by atoms with van der Waals surface area (Å²) in [5.74, 6) is 2.33. The maximum absolute atomic E-state index is 12.4. The monoisotopic (exact) mass is 502 g/mol. The molecular weight excluding hydrogens is 471 g/mol. The van der Waals surface area contributed by atoms with Crippen molar-refractivity contribution in [3.05, 3.63) is 35.4 Å². The Morgan fingerprint density at radius 2 is 1.96 bits per heavy atom. The van der Waals surface area contributed by atoms with E-state index in [4.69, 9.17) is 0 Å². The van der Waals surface area contributed by atoms with Gasteiger partial charge < -0.3 is 15.5 Å². The minimum absolute atomic E-state index is 0. The van der Waals surface area contributed by atoms with Crippen LogP contribution in [-0.2, 0) is 17.9 Å². The molecule has 1 atom stereocenters. The lowest BCUT2D eigenvalue weighted by molar-refractivity contribution is -0.131. The Bertz CT molecular complexity index is 636. The van der Waals surface area contributed by atoms with Crippen LogP contribution in [0.3, 0.4) is 0 Å². The number of hydrogen-bond acceptors (Lipinski definition) is 3. The average Bonchev–Trinajstić information content (AvgIpc) is 3.27. The number of rotatable bonds is 6. The maximum Gasteiger partial charge on any atom is 0.223 e. The first-order chi connectivity index (χ1) is 12.6. The summed E-state index contributed by atoms with van der Waals surface area (Å²) < 4.78 is 0.318. The highest BCUT2D eigenvalue weighted by Gasteiger charge is 2.29. The summed E-state index contributed by atoms with van der Waals surface area (Å²) in [5.41, 5.74) is 2.56. The van der Waals surface area contributed by atoms with Gasteiger partial charge in [-0.1, -0.05) is 24.3 Å². The Kier molecular flexibility index (Phi) is 8.72. The summed E-state index contributed by atoms with van der Waals surface area (Å²) in [6.45, 7) is 5.51. The number of benzene rings is 1. The zero-order valence-corrected chi connectivity index (χ0v) is 19.4. The molecule has 1 aromatic carbocycles. The molecule has 0 aliphatic carbocycles. The molecule has 3 rings (SSSR count). The second-order valence-corrected chi connectivity index (χ2v) is 9.06. The van der Waals surface area contributed by atoms with Crippen molar-refractivity contribution in [3.63, 3.8) is 0 Å². The summed E-state index contributed by atoms with van der Waals surface area (Å²) in [7, 11) is 1.80. The van der Waals surface area contributed by atoms with Gasteiger partial charge in [-0.15, -0.1) is 24.0 Å². The summed E-state index contributed by atoms with van der Waals surface area (Å²) in [4.78, 5) is 18.7. The summed E-state index contributed by atoms with van der Waals surface area (Å²) in [6, 6.07) is 8.31. The van der Waals surface area contributed by atoms with Crippen LogP contribution in [0.1, 0.15) is 43.7 Å². The first kappa shape index (κ1) is 22.3. The molecule has 5 nitrogen and oxygen atoms in total. The average molecular weight is 502 g/mol. The van der Waals surface area contributed by atoms with Gasteiger partial charge in [-0.2, -0.15) is 11.8 Å². The molecule has 0 bridgehead atoms. The number of nitrogens with one attached hydrogen (secondary N) is 2. The molecule has 0 aromatic heterocycles. The molecule has 0 radical (unpaired) electrons. The van der Waals surface area contributed by atoms with Crippen molar-refractivity contribution in [2.24, 2.45) is 4.99 Å². The van der Waals surface area contributed by atoms with Gasteiger partial charge in [0.2, 0.25) is 5.91 Å². The van der Waals surface area contributed by atoms with Crippen LogP contribution in [0.15, 0.2) is 29.3 Å². The highest BCUT2D eigenvalue weighted by atomic mass is 127. The Morgan fingerprint density at radius 3 is 2.56 bits per heavy atom. The Labute approximate surface area is 184 Å². The number of aliphatic imine (C=N–C) groups is 1. The van der Waals surface area contributed by atoms with Crippen LogP contribution in [0.25, 0.3) is 0 Å². The second kappa shape index (κ2) is 10.5. The van der Waals surface area contributed by atoms with Crippen molar-refractivity contribution >= 4 is 47.6 Å². The van der Waals surface area contributed by atoms with Crippen LogP contribution in [-0.4, -0.2) is 47.4 Å². The molecule has 1 amide bonds. The lowest BCUT2D eigenvalue weighted by Crippen LogP contribution is -2.44. The highest BCUT2D eigenvalue weighted by Crippen LogP contribution is 2.36. The van der Waals surface area contributed by atoms with Crippen molar-refractivity contribution in [2.45, 2.75) is 50.4 Å². The van der Waals surface area contributed by atoms with Crippen LogP contribution in [0.4, 0.5) is 0 Å². The first-order valence-corrected chi connectivity index (χ1v) is 10.5. The number of thioether (sulfide) groups is 1. The van der Waals surface area contributed by atoms with Gasteiger partial charge in [0, 0.05) is 44.4 Å². The van der Waals surface area contributed by atoms with Crippen LogP contribution in [0, 0.1) is 0 Å². The van der Waals surface area contributed by atoms with Gasteiger partial charge in [0.25, 0.3) is 0 Å². The molecule has 1 saturated heterocycles. The minimum Gasteiger partial charge on any atom is -0.356 e. The fourth-order valence-corrected chi connectivity index (χ4v) is 4.83. The number of fused-ring (bicyclic) bond motifs is 1. The minimum atomic E-state index is 0. The molecule has 1 unspecified atom stereocenters. The Balaban J connectivity index is 0.00000261. The van der Waals surface area contributed by atoms with Crippen molar-refractivity contribution in [1.82, 2.24) is 15.5 Å². The molecule has 7 heteroatoms. The fraction of sp³-hybridized carbons (Fsp3) is 0.600. The normalized spacial score (nSPS) is 21.6. The number of nitrogens with zero attached hydrogens (tertiary/aromatic N) is 2. The lowest BCUT2D eigenvalue weighted by atomic mass is 10.1. The summed E-state index contributed by atoms with van der Waals surface area (Å²) >= 11 is 2.04. The molecule has 2 N–H and O–H groups in total. The van der Waals surface area contributed by atoms with Gasteiger partial charge in [-0.3, -0.25) is 9.79 Å². The molecular formula is C20H31IN4OS. The van der Waals surface area contributed by atoms with Gasteiger partial charge in [0.15, 0.2) is 5.96 Å². The molecule has 1 aromatic rings. The number of carbonyl (C=O) groups excluding carboxylic acids is 1. The quantitative estimate of drug-likeness (QED) is 0.271.